The van der Waals surface area contributed by atoms with Gasteiger partial charge in [0, 0.05) is 12.3 Å². The van der Waals surface area contributed by atoms with Crippen LogP contribution in [0.25, 0.3) is 0 Å². The van der Waals surface area contributed by atoms with Crippen molar-refractivity contribution in [3.8, 4) is 0 Å². The average molecular weight is 305 g/mol. The van der Waals surface area contributed by atoms with Crippen molar-refractivity contribution in [1.29, 1.82) is 0 Å². The fraction of sp³-hybridized carbons (Fsp3) is 0.571. The first-order valence-electron chi connectivity index (χ1n) is 6.62. The highest BCUT2D eigenvalue weighted by Gasteiger charge is 2.26. The topological polar surface area (TPSA) is 46.2 Å². The van der Waals surface area contributed by atoms with Crippen LogP contribution in [0.1, 0.15) is 25.8 Å². The normalized spacial score (nSPS) is 15.1. The smallest absolute Gasteiger partial charge is 0.162 e. The summed E-state index contributed by atoms with van der Waals surface area (Å²) in [5.74, 6) is -1.82. The van der Waals surface area contributed by atoms with Gasteiger partial charge in [-0.25, -0.2) is 17.2 Å². The number of rotatable bonds is 7. The highest BCUT2D eigenvalue weighted by atomic mass is 32.2. The highest BCUT2D eigenvalue weighted by Crippen LogP contribution is 2.16. The van der Waals surface area contributed by atoms with E-state index in [-0.39, 0.29) is 12.0 Å². The van der Waals surface area contributed by atoms with E-state index in [9.17, 15) is 17.2 Å². The van der Waals surface area contributed by atoms with Gasteiger partial charge in [-0.05, 0) is 37.9 Å². The Balaban J connectivity index is 2.97. The summed E-state index contributed by atoms with van der Waals surface area (Å²) in [5.41, 5.74) is 0.189. The van der Waals surface area contributed by atoms with Gasteiger partial charge in [0.2, 0.25) is 0 Å². The maximum Gasteiger partial charge on any atom is 0.162 e. The van der Waals surface area contributed by atoms with Gasteiger partial charge in [-0.2, -0.15) is 0 Å². The first kappa shape index (κ1) is 17.0. The summed E-state index contributed by atoms with van der Waals surface area (Å²) in [6.45, 7) is 4.17. The van der Waals surface area contributed by atoms with E-state index in [4.69, 9.17) is 0 Å². The summed E-state index contributed by atoms with van der Waals surface area (Å²) in [6, 6.07) is 3.51. The Hall–Kier alpha value is -1.01. The minimum Gasteiger partial charge on any atom is -0.312 e. The van der Waals surface area contributed by atoms with Gasteiger partial charge < -0.3 is 5.32 Å². The fourth-order valence-corrected chi connectivity index (χ4v) is 2.76. The van der Waals surface area contributed by atoms with Crippen LogP contribution in [0.2, 0.25) is 0 Å². The van der Waals surface area contributed by atoms with Gasteiger partial charge in [-0.3, -0.25) is 0 Å². The molecule has 2 atom stereocenters. The molecular formula is C14H21F2NO2S. The van der Waals surface area contributed by atoms with Crippen molar-refractivity contribution in [3.05, 3.63) is 35.4 Å². The number of benzene rings is 1. The molecule has 0 spiro atoms. The quantitative estimate of drug-likeness (QED) is 0.841. The summed E-state index contributed by atoms with van der Waals surface area (Å²) in [7, 11) is -3.25. The van der Waals surface area contributed by atoms with Crippen molar-refractivity contribution in [3.63, 3.8) is 0 Å². The Morgan fingerprint density at radius 2 is 1.95 bits per heavy atom. The maximum atomic E-state index is 13.7. The second-order valence-electron chi connectivity index (χ2n) is 5.01. The summed E-state index contributed by atoms with van der Waals surface area (Å²) >= 11 is 0. The Labute approximate surface area is 119 Å². The monoisotopic (exact) mass is 305 g/mol. The number of nitrogens with one attached hydrogen (secondary N) is 1. The number of sulfone groups is 1. The van der Waals surface area contributed by atoms with Gasteiger partial charge in [-0.15, -0.1) is 0 Å². The lowest BCUT2D eigenvalue weighted by Crippen LogP contribution is -2.44. The standard InChI is InChI=1S/C14H21F2NO2S/c1-4-8-17-13(10(2)20(3,18)19)9-11-6-5-7-12(15)14(11)16/h5-7,10,13,17H,4,8-9H2,1-3H3. The molecule has 0 heterocycles. The second kappa shape index (κ2) is 7.13. The minimum absolute atomic E-state index is 0.137. The van der Waals surface area contributed by atoms with Crippen LogP contribution in [0.15, 0.2) is 18.2 Å². The van der Waals surface area contributed by atoms with Crippen molar-refractivity contribution < 1.29 is 17.2 Å². The lowest BCUT2D eigenvalue weighted by Gasteiger charge is -2.24. The van der Waals surface area contributed by atoms with E-state index in [1.807, 2.05) is 6.92 Å². The summed E-state index contributed by atoms with van der Waals surface area (Å²) in [6.07, 6.45) is 2.12. The Morgan fingerprint density at radius 3 is 2.50 bits per heavy atom. The SMILES string of the molecule is CCCNC(Cc1cccc(F)c1F)C(C)S(C)(=O)=O. The summed E-state index contributed by atoms with van der Waals surface area (Å²) in [5, 5.41) is 2.43. The third-order valence-corrected chi connectivity index (χ3v) is 5.05. The Morgan fingerprint density at radius 1 is 1.30 bits per heavy atom. The molecule has 0 aliphatic heterocycles. The molecule has 0 amide bonds. The van der Waals surface area contributed by atoms with Crippen LogP contribution >= 0.6 is 0 Å². The predicted molar refractivity (Wildman–Crippen MR) is 76.4 cm³/mol. The summed E-state index contributed by atoms with van der Waals surface area (Å²) < 4.78 is 50.2. The lowest BCUT2D eigenvalue weighted by molar-refractivity contribution is 0.458. The van der Waals surface area contributed by atoms with E-state index in [1.54, 1.807) is 6.92 Å². The fourth-order valence-electron chi connectivity index (χ4n) is 1.98. The summed E-state index contributed by atoms with van der Waals surface area (Å²) in [4.78, 5) is 0. The van der Waals surface area contributed by atoms with E-state index in [1.165, 1.54) is 12.1 Å². The van der Waals surface area contributed by atoms with E-state index < -0.39 is 32.8 Å². The molecule has 1 aromatic carbocycles. The molecule has 0 saturated carbocycles. The predicted octanol–water partition coefficient (Wildman–Crippen LogP) is 2.31. The number of hydrogen-bond donors (Lipinski definition) is 1. The van der Waals surface area contributed by atoms with Crippen LogP contribution < -0.4 is 5.32 Å². The molecule has 0 aromatic heterocycles. The zero-order valence-corrected chi connectivity index (χ0v) is 12.8. The zero-order chi connectivity index (χ0) is 15.3. The van der Waals surface area contributed by atoms with E-state index >= 15 is 0 Å². The van der Waals surface area contributed by atoms with Gasteiger partial charge in [0.05, 0.1) is 5.25 Å². The number of hydrogen-bond acceptors (Lipinski definition) is 3. The molecule has 0 saturated heterocycles. The molecular weight excluding hydrogens is 284 g/mol. The van der Waals surface area contributed by atoms with Crippen LogP contribution in [0, 0.1) is 11.6 Å². The first-order valence-corrected chi connectivity index (χ1v) is 8.58. The van der Waals surface area contributed by atoms with Crippen LogP contribution in [-0.4, -0.2) is 32.5 Å². The lowest BCUT2D eigenvalue weighted by atomic mass is 10.0. The zero-order valence-electron chi connectivity index (χ0n) is 12.0. The maximum absolute atomic E-state index is 13.7. The minimum atomic E-state index is -3.25. The second-order valence-corrected chi connectivity index (χ2v) is 7.41. The Kier molecular flexibility index (Phi) is 6.07. The van der Waals surface area contributed by atoms with Crippen LogP contribution in [0.5, 0.6) is 0 Å². The molecule has 0 fully saturated rings. The van der Waals surface area contributed by atoms with Crippen LogP contribution in [-0.2, 0) is 16.3 Å². The highest BCUT2D eigenvalue weighted by molar-refractivity contribution is 7.91. The molecule has 6 heteroatoms. The molecule has 3 nitrogen and oxygen atoms in total. The molecule has 1 aromatic rings. The van der Waals surface area contributed by atoms with Gasteiger partial charge >= 0.3 is 0 Å². The van der Waals surface area contributed by atoms with E-state index in [2.05, 4.69) is 5.32 Å². The van der Waals surface area contributed by atoms with Crippen molar-refractivity contribution in [2.24, 2.45) is 0 Å². The molecule has 0 radical (unpaired) electrons. The molecule has 1 rings (SSSR count). The van der Waals surface area contributed by atoms with Gasteiger partial charge in [0.15, 0.2) is 21.5 Å². The largest absolute Gasteiger partial charge is 0.312 e. The van der Waals surface area contributed by atoms with E-state index in [0.717, 1.165) is 18.7 Å². The average Bonchev–Trinajstić information content (AvgIpc) is 2.37. The molecule has 1 N–H and O–H groups in total. The molecule has 114 valence electrons. The molecule has 0 bridgehead atoms. The van der Waals surface area contributed by atoms with Crippen LogP contribution in [0.3, 0.4) is 0 Å². The van der Waals surface area contributed by atoms with Crippen molar-refractivity contribution in [1.82, 2.24) is 5.32 Å². The van der Waals surface area contributed by atoms with Gasteiger partial charge in [0.25, 0.3) is 0 Å². The van der Waals surface area contributed by atoms with Crippen molar-refractivity contribution in [2.45, 2.75) is 38.0 Å². The number of halogens is 2. The third-order valence-electron chi connectivity index (χ3n) is 3.37. The van der Waals surface area contributed by atoms with Crippen LogP contribution in [0.4, 0.5) is 8.78 Å². The van der Waals surface area contributed by atoms with Crippen molar-refractivity contribution in [2.75, 3.05) is 12.8 Å². The Bertz CT molecular complexity index is 546. The van der Waals surface area contributed by atoms with Gasteiger partial charge in [0.1, 0.15) is 0 Å². The molecule has 0 aliphatic carbocycles. The van der Waals surface area contributed by atoms with E-state index in [0.29, 0.717) is 6.54 Å². The van der Waals surface area contributed by atoms with Gasteiger partial charge in [-0.1, -0.05) is 19.1 Å². The van der Waals surface area contributed by atoms with Crippen molar-refractivity contribution >= 4 is 9.84 Å². The molecule has 0 aliphatic rings. The first-order chi connectivity index (χ1) is 9.27. The molecule has 2 unspecified atom stereocenters. The third kappa shape index (κ3) is 4.52. The molecule has 20 heavy (non-hydrogen) atoms.